The highest BCUT2D eigenvalue weighted by atomic mass is 16.5. The van der Waals surface area contributed by atoms with Gasteiger partial charge in [-0.15, -0.1) is 0 Å². The van der Waals surface area contributed by atoms with Crippen LogP contribution in [-0.4, -0.2) is 15.9 Å². The normalized spacial score (nSPS) is 10.9. The van der Waals surface area contributed by atoms with Gasteiger partial charge in [-0.3, -0.25) is 14.8 Å². The smallest absolute Gasteiger partial charge is 0.244 e. The number of amides is 1. The summed E-state index contributed by atoms with van der Waals surface area (Å²) in [7, 11) is 0. The summed E-state index contributed by atoms with van der Waals surface area (Å²) < 4.78 is 5.75. The van der Waals surface area contributed by atoms with Crippen LogP contribution in [0.15, 0.2) is 91.4 Å². The monoisotopic (exact) mass is 395 g/mol. The van der Waals surface area contributed by atoms with E-state index in [0.717, 1.165) is 33.3 Å². The molecule has 0 radical (unpaired) electrons. The van der Waals surface area contributed by atoms with Crippen molar-refractivity contribution in [3.05, 3.63) is 108 Å². The molecule has 0 saturated heterocycles. The molecule has 0 unspecified atom stereocenters. The maximum atomic E-state index is 12.2. The van der Waals surface area contributed by atoms with E-state index in [-0.39, 0.29) is 5.91 Å². The second-order valence-electron chi connectivity index (χ2n) is 6.77. The van der Waals surface area contributed by atoms with Crippen molar-refractivity contribution >= 4 is 22.9 Å². The zero-order valence-electron chi connectivity index (χ0n) is 16.4. The quantitative estimate of drug-likeness (QED) is 0.467. The highest BCUT2D eigenvalue weighted by molar-refractivity contribution is 5.95. The van der Waals surface area contributed by atoms with Crippen molar-refractivity contribution in [2.45, 2.75) is 13.2 Å². The molecule has 0 atom stereocenters. The molecular weight excluding hydrogens is 374 g/mol. The molecule has 0 aliphatic carbocycles. The Kier molecular flexibility index (Phi) is 6.11. The van der Waals surface area contributed by atoms with Crippen molar-refractivity contribution in [2.24, 2.45) is 0 Å². The molecule has 2 heterocycles. The molecule has 4 aromatic rings. The van der Waals surface area contributed by atoms with Crippen molar-refractivity contribution in [2.75, 3.05) is 0 Å². The molecule has 5 heteroatoms. The van der Waals surface area contributed by atoms with Gasteiger partial charge in [-0.25, -0.2) is 0 Å². The Morgan fingerprint density at radius 1 is 0.933 bits per heavy atom. The first kappa shape index (κ1) is 19.3. The molecule has 0 fully saturated rings. The number of hydrogen-bond acceptors (Lipinski definition) is 4. The van der Waals surface area contributed by atoms with Gasteiger partial charge in [-0.05, 0) is 35.9 Å². The third-order valence-corrected chi connectivity index (χ3v) is 4.60. The number of benzene rings is 2. The van der Waals surface area contributed by atoms with Crippen molar-refractivity contribution in [1.29, 1.82) is 0 Å². The zero-order valence-corrected chi connectivity index (χ0v) is 16.4. The van der Waals surface area contributed by atoms with Crippen LogP contribution in [0.4, 0.5) is 0 Å². The van der Waals surface area contributed by atoms with Crippen LogP contribution in [0.2, 0.25) is 0 Å². The Morgan fingerprint density at radius 3 is 2.60 bits per heavy atom. The number of nitrogens with one attached hydrogen (secondary N) is 1. The number of para-hydroxylation sites is 1. The lowest BCUT2D eigenvalue weighted by atomic mass is 10.1. The minimum absolute atomic E-state index is 0.153. The summed E-state index contributed by atoms with van der Waals surface area (Å²) in [5, 5.41) is 3.95. The highest BCUT2D eigenvalue weighted by Gasteiger charge is 2.01. The third-order valence-electron chi connectivity index (χ3n) is 4.60. The van der Waals surface area contributed by atoms with E-state index in [1.807, 2.05) is 66.7 Å². The fraction of sp³-hybridized carbons (Fsp3) is 0.0800. The summed E-state index contributed by atoms with van der Waals surface area (Å²) >= 11 is 0. The van der Waals surface area contributed by atoms with E-state index < -0.39 is 0 Å². The van der Waals surface area contributed by atoms with E-state index >= 15 is 0 Å². The first-order valence-corrected chi connectivity index (χ1v) is 9.68. The largest absolute Gasteiger partial charge is 0.489 e. The summed E-state index contributed by atoms with van der Waals surface area (Å²) in [4.78, 5) is 20.7. The number of nitrogens with zero attached hydrogens (tertiary/aromatic N) is 2. The summed E-state index contributed by atoms with van der Waals surface area (Å²) in [6, 6.07) is 21.3. The number of pyridine rings is 2. The number of aromatic nitrogens is 2. The van der Waals surface area contributed by atoms with Gasteiger partial charge in [0.2, 0.25) is 5.91 Å². The van der Waals surface area contributed by atoms with Crippen LogP contribution in [0.1, 0.15) is 16.7 Å². The summed E-state index contributed by atoms with van der Waals surface area (Å²) in [6.07, 6.45) is 8.60. The molecule has 2 aromatic heterocycles. The minimum Gasteiger partial charge on any atom is -0.489 e. The first-order chi connectivity index (χ1) is 14.8. The molecule has 1 N–H and O–H groups in total. The first-order valence-electron chi connectivity index (χ1n) is 9.68. The van der Waals surface area contributed by atoms with Crippen molar-refractivity contribution < 1.29 is 9.53 Å². The van der Waals surface area contributed by atoms with Gasteiger partial charge in [0.25, 0.3) is 0 Å². The molecular formula is C25H21N3O2. The lowest BCUT2D eigenvalue weighted by molar-refractivity contribution is -0.116. The summed E-state index contributed by atoms with van der Waals surface area (Å²) in [5.41, 5.74) is 3.81. The molecule has 30 heavy (non-hydrogen) atoms. The van der Waals surface area contributed by atoms with Crippen LogP contribution < -0.4 is 10.1 Å². The van der Waals surface area contributed by atoms with E-state index in [9.17, 15) is 4.79 Å². The summed E-state index contributed by atoms with van der Waals surface area (Å²) in [5.74, 6) is 0.622. The minimum atomic E-state index is -0.153. The van der Waals surface area contributed by atoms with Crippen LogP contribution in [0, 0.1) is 0 Å². The second-order valence-corrected chi connectivity index (χ2v) is 6.77. The molecule has 4 rings (SSSR count). The Hall–Kier alpha value is -3.99. The van der Waals surface area contributed by atoms with Gasteiger partial charge >= 0.3 is 0 Å². The maximum absolute atomic E-state index is 12.2. The molecule has 0 aliphatic heterocycles. The Morgan fingerprint density at radius 2 is 1.77 bits per heavy atom. The molecule has 0 bridgehead atoms. The van der Waals surface area contributed by atoms with Crippen molar-refractivity contribution in [1.82, 2.24) is 15.3 Å². The molecule has 0 saturated carbocycles. The van der Waals surface area contributed by atoms with Gasteiger partial charge in [0.15, 0.2) is 0 Å². The molecule has 5 nitrogen and oxygen atoms in total. The van der Waals surface area contributed by atoms with E-state index in [2.05, 4.69) is 15.3 Å². The van der Waals surface area contributed by atoms with Crippen LogP contribution >= 0.6 is 0 Å². The molecule has 1 amide bonds. The van der Waals surface area contributed by atoms with Crippen LogP contribution in [0.25, 0.3) is 17.0 Å². The lowest BCUT2D eigenvalue weighted by Crippen LogP contribution is -2.20. The maximum Gasteiger partial charge on any atom is 0.244 e. The Labute approximate surface area is 175 Å². The fourth-order valence-electron chi connectivity index (χ4n) is 3.03. The Balaban J connectivity index is 1.30. The van der Waals surface area contributed by atoms with Gasteiger partial charge in [0.05, 0.1) is 5.52 Å². The van der Waals surface area contributed by atoms with Gasteiger partial charge in [0.1, 0.15) is 12.4 Å². The highest BCUT2D eigenvalue weighted by Crippen LogP contribution is 2.17. The predicted molar refractivity (Wildman–Crippen MR) is 118 cm³/mol. The number of hydrogen-bond donors (Lipinski definition) is 1. The van der Waals surface area contributed by atoms with E-state index in [0.29, 0.717) is 13.2 Å². The molecule has 0 spiro atoms. The van der Waals surface area contributed by atoms with E-state index in [1.54, 1.807) is 24.7 Å². The average Bonchev–Trinajstić information content (AvgIpc) is 2.81. The van der Waals surface area contributed by atoms with E-state index in [1.165, 1.54) is 6.08 Å². The number of rotatable bonds is 7. The van der Waals surface area contributed by atoms with Gasteiger partial charge < -0.3 is 10.1 Å². The van der Waals surface area contributed by atoms with Gasteiger partial charge in [0, 0.05) is 47.7 Å². The molecule has 2 aromatic carbocycles. The summed E-state index contributed by atoms with van der Waals surface area (Å²) in [6.45, 7) is 0.914. The standard InChI is InChI=1S/C25H21N3O2/c29-24(13-10-22-6-1-5-21-7-3-15-27-25(21)22)28-17-19-8-11-23(12-9-19)30-18-20-4-2-14-26-16-20/h1-16H,17-18H2,(H,28,29)/b13-10+. The molecule has 0 aliphatic rings. The molecule has 148 valence electrons. The number of fused-ring (bicyclic) bond motifs is 1. The lowest BCUT2D eigenvalue weighted by Gasteiger charge is -2.07. The number of ether oxygens (including phenoxy) is 1. The average molecular weight is 395 g/mol. The Bertz CT molecular complexity index is 1150. The van der Waals surface area contributed by atoms with Crippen molar-refractivity contribution in [3.8, 4) is 5.75 Å². The van der Waals surface area contributed by atoms with Crippen molar-refractivity contribution in [3.63, 3.8) is 0 Å². The van der Waals surface area contributed by atoms with Crippen LogP contribution in [0.5, 0.6) is 5.75 Å². The van der Waals surface area contributed by atoms with Gasteiger partial charge in [-0.2, -0.15) is 0 Å². The van der Waals surface area contributed by atoms with Gasteiger partial charge in [-0.1, -0.05) is 42.5 Å². The second kappa shape index (κ2) is 9.47. The fourth-order valence-corrected chi connectivity index (χ4v) is 3.03. The SMILES string of the molecule is O=C(/C=C/c1cccc2cccnc12)NCc1ccc(OCc2cccnc2)cc1. The predicted octanol–water partition coefficient (Wildman–Crippen LogP) is 4.54. The third kappa shape index (κ3) is 5.08. The van der Waals surface area contributed by atoms with E-state index in [4.69, 9.17) is 4.74 Å². The van der Waals surface area contributed by atoms with Crippen LogP contribution in [0.3, 0.4) is 0 Å². The zero-order chi connectivity index (χ0) is 20.6. The number of carbonyl (C=O) groups is 1. The number of carbonyl (C=O) groups excluding carboxylic acids is 1. The van der Waals surface area contributed by atoms with Crippen LogP contribution in [-0.2, 0) is 17.9 Å². The topological polar surface area (TPSA) is 64.1 Å².